The number of hydrogen-bond acceptors (Lipinski definition) is 1. The van der Waals surface area contributed by atoms with Crippen LogP contribution in [-0.4, -0.2) is 11.6 Å². The molecule has 1 N–H and O–H groups in total. The van der Waals surface area contributed by atoms with Crippen molar-refractivity contribution in [3.63, 3.8) is 0 Å². The molecule has 21 valence electrons. The fraction of sp³-hybridized carbons (Fsp3) is 0. The van der Waals surface area contributed by atoms with Gasteiger partial charge in [0, 0.05) is 32.7 Å². The molecule has 0 aliphatic heterocycles. The third-order valence-electron chi connectivity index (χ3n) is 0. The maximum atomic E-state index is 8.24. The Hall–Kier alpha value is 0.574. The second kappa shape index (κ2) is 9.56. The third-order valence-corrected chi connectivity index (χ3v) is 0. The summed E-state index contributed by atoms with van der Waals surface area (Å²) in [5.74, 6) is 0. The summed E-state index contributed by atoms with van der Waals surface area (Å²) in [5, 5.41) is 6.76. The summed E-state index contributed by atoms with van der Waals surface area (Å²) < 4.78 is 0. The topological polar surface area (TPSA) is 37.3 Å². The first-order valence-corrected chi connectivity index (χ1v) is 0.428. The van der Waals surface area contributed by atoms with Crippen molar-refractivity contribution >= 4 is 6.47 Å². The van der Waals surface area contributed by atoms with E-state index < -0.39 is 0 Å². The van der Waals surface area contributed by atoms with Gasteiger partial charge in [-0.25, -0.2) is 0 Å². The molecule has 0 aliphatic carbocycles. The van der Waals surface area contributed by atoms with Crippen LogP contribution < -0.4 is 0 Å². The van der Waals surface area contributed by atoms with Crippen molar-refractivity contribution in [3.8, 4) is 0 Å². The van der Waals surface area contributed by atoms with Crippen molar-refractivity contribution in [1.82, 2.24) is 0 Å². The van der Waals surface area contributed by atoms with Gasteiger partial charge in [0.25, 0.3) is 0 Å². The third kappa shape index (κ3) is 19.4. The molecule has 4 heavy (non-hydrogen) atoms. The van der Waals surface area contributed by atoms with E-state index in [2.05, 4.69) is 0 Å². The predicted octanol–water partition coefficient (Wildman–Crippen LogP) is -0.391. The van der Waals surface area contributed by atoms with Gasteiger partial charge < -0.3 is 9.90 Å². The summed E-state index contributed by atoms with van der Waals surface area (Å²) in [4.78, 5) is 8.24. The Labute approximate surface area is 49.1 Å². The molecule has 0 aromatic heterocycles. The van der Waals surface area contributed by atoms with Crippen LogP contribution in [0.3, 0.4) is 0 Å². The molecule has 0 saturated heterocycles. The summed E-state index contributed by atoms with van der Waals surface area (Å²) in [7, 11) is 0. The Morgan fingerprint density at radius 3 is 1.75 bits per heavy atom. The van der Waals surface area contributed by atoms with E-state index in [-0.39, 0.29) is 32.7 Å². The quantitative estimate of drug-likeness (QED) is 0.458. The Morgan fingerprint density at radius 1 is 1.75 bits per heavy atom. The van der Waals surface area contributed by atoms with E-state index in [0.29, 0.717) is 6.47 Å². The van der Waals surface area contributed by atoms with Gasteiger partial charge in [-0.05, 0) is 0 Å². The number of rotatable bonds is 0. The molecule has 0 rings (SSSR count). The molecule has 0 bridgehead atoms. The minimum Gasteiger partial charge on any atom is -0.665 e. The van der Waals surface area contributed by atoms with Gasteiger partial charge in [0.05, 0.1) is 0 Å². The Balaban J connectivity index is 0. The molecule has 0 amide bonds. The van der Waals surface area contributed by atoms with Crippen LogP contribution in [0.1, 0.15) is 0 Å². The van der Waals surface area contributed by atoms with Crippen molar-refractivity contribution in [2.75, 3.05) is 0 Å². The van der Waals surface area contributed by atoms with E-state index in [0.717, 1.165) is 0 Å². The molecule has 0 heterocycles. The maximum absolute atomic E-state index is 8.24. The Bertz CT molecular complexity index is 13.5. The van der Waals surface area contributed by atoms with Gasteiger partial charge in [0.1, 0.15) is 0 Å². The monoisotopic (exact) mass is 134 g/mol. The van der Waals surface area contributed by atoms with Gasteiger partial charge in [-0.3, -0.25) is 0 Å². The molecule has 0 aromatic rings. The minimum atomic E-state index is 0. The average Bonchev–Trinajstić information content (AvgIpc) is 0.918. The Kier molecular flexibility index (Phi) is 21.1. The minimum absolute atomic E-state index is 0. The maximum Gasteiger partial charge on any atom is 0 e. The van der Waals surface area contributed by atoms with Crippen molar-refractivity contribution in [3.05, 3.63) is 0 Å². The van der Waals surface area contributed by atoms with E-state index in [1.165, 1.54) is 0 Å². The first-order valence-electron chi connectivity index (χ1n) is 0.428. The molecule has 0 fully saturated rings. The molecular weight excluding hydrogens is 133 g/mol. The van der Waals surface area contributed by atoms with Crippen LogP contribution >= 0.6 is 0 Å². The predicted molar refractivity (Wildman–Crippen MR) is 8.32 cm³/mol. The summed E-state index contributed by atoms with van der Waals surface area (Å²) in [6, 6.07) is 0. The molecular formula is CHO2Y-. The van der Waals surface area contributed by atoms with E-state index in [4.69, 9.17) is 9.90 Å². The first kappa shape index (κ1) is 8.82. The zero-order valence-electron chi connectivity index (χ0n) is 1.93. The molecule has 0 atom stereocenters. The van der Waals surface area contributed by atoms with Crippen molar-refractivity contribution in [2.24, 2.45) is 0 Å². The van der Waals surface area contributed by atoms with Gasteiger partial charge in [-0.2, -0.15) is 0 Å². The van der Waals surface area contributed by atoms with Crippen LogP contribution in [0.2, 0.25) is 0 Å². The second-order valence-corrected chi connectivity index (χ2v) is 0.0913. The normalized spacial score (nSPS) is 3.00. The summed E-state index contributed by atoms with van der Waals surface area (Å²) in [5.41, 5.74) is 0. The van der Waals surface area contributed by atoms with Crippen LogP contribution in [0, 0.1) is 0 Å². The molecule has 3 heteroatoms. The van der Waals surface area contributed by atoms with Gasteiger partial charge in [-0.1, -0.05) is 6.47 Å². The van der Waals surface area contributed by atoms with Crippen LogP contribution in [-0.2, 0) is 37.5 Å². The average molecular weight is 134 g/mol. The first-order chi connectivity index (χ1) is 1.41. The molecule has 0 aliphatic rings. The summed E-state index contributed by atoms with van der Waals surface area (Å²) in [6.45, 7) is 0.500. The van der Waals surface area contributed by atoms with Crippen LogP contribution in [0.5, 0.6) is 0 Å². The molecule has 0 unspecified atom stereocenters. The summed E-state index contributed by atoms with van der Waals surface area (Å²) in [6.07, 6.45) is 0. The largest absolute Gasteiger partial charge is 0.665 e. The van der Waals surface area contributed by atoms with Gasteiger partial charge in [0.15, 0.2) is 0 Å². The smallest absolute Gasteiger partial charge is 0 e. The number of hydrogen-bond donors (Lipinski definition) is 1. The Morgan fingerprint density at radius 2 is 1.75 bits per heavy atom. The van der Waals surface area contributed by atoms with Gasteiger partial charge >= 0.3 is 0 Å². The van der Waals surface area contributed by atoms with E-state index >= 15 is 0 Å². The van der Waals surface area contributed by atoms with E-state index in [1.807, 2.05) is 0 Å². The zero-order valence-corrected chi connectivity index (χ0v) is 4.77. The van der Waals surface area contributed by atoms with E-state index in [9.17, 15) is 0 Å². The molecule has 0 spiro atoms. The van der Waals surface area contributed by atoms with Crippen LogP contribution in [0.4, 0.5) is 0 Å². The zero-order chi connectivity index (χ0) is 2.71. The summed E-state index contributed by atoms with van der Waals surface area (Å²) >= 11 is 0. The van der Waals surface area contributed by atoms with Gasteiger partial charge in [-0.15, -0.1) is 0 Å². The number of aliphatic hydroxyl groups excluding tert-OH is 1. The fourth-order valence-corrected chi connectivity index (χ4v) is 0. The molecule has 2 nitrogen and oxygen atoms in total. The molecule has 0 saturated carbocycles. The standard InChI is InChI=1S/CHO2.Y/c2-1-3;/h(H,2,3);/q-1;. The van der Waals surface area contributed by atoms with Crippen LogP contribution in [0.15, 0.2) is 0 Å². The SMILES string of the molecule is O=[C-]O.[Y]. The fourth-order valence-electron chi connectivity index (χ4n) is 0. The second-order valence-electron chi connectivity index (χ2n) is 0.0913. The van der Waals surface area contributed by atoms with E-state index in [1.54, 1.807) is 0 Å². The van der Waals surface area contributed by atoms with Crippen molar-refractivity contribution in [2.45, 2.75) is 0 Å². The van der Waals surface area contributed by atoms with Gasteiger partial charge in [0.2, 0.25) is 0 Å². The molecule has 0 aromatic carbocycles. The van der Waals surface area contributed by atoms with Crippen molar-refractivity contribution in [1.29, 1.82) is 0 Å². The van der Waals surface area contributed by atoms with Crippen molar-refractivity contribution < 1.29 is 42.6 Å². The van der Waals surface area contributed by atoms with Crippen LogP contribution in [0.25, 0.3) is 0 Å². The molecule has 1 radical (unpaired) electrons.